The standard InChI is InChI=1S/C14H14N2O2S/c1-2-19-13-4-3-7-15-14(13)11-6-5-10(8-16-11)12(18)9-17/h3-8,17H,2,9H2,1H3. The van der Waals surface area contributed by atoms with Crippen molar-refractivity contribution in [3.8, 4) is 11.4 Å². The van der Waals surface area contributed by atoms with E-state index in [9.17, 15) is 4.79 Å². The smallest absolute Gasteiger partial charge is 0.189 e. The molecule has 0 saturated carbocycles. The number of pyridine rings is 2. The number of aromatic nitrogens is 2. The summed E-state index contributed by atoms with van der Waals surface area (Å²) in [6.07, 6.45) is 3.20. The number of carbonyl (C=O) groups is 1. The summed E-state index contributed by atoms with van der Waals surface area (Å²) in [4.78, 5) is 21.0. The fourth-order valence-corrected chi connectivity index (χ4v) is 2.42. The number of aliphatic hydroxyl groups is 1. The summed E-state index contributed by atoms with van der Waals surface area (Å²) in [7, 11) is 0. The molecule has 0 spiro atoms. The van der Waals surface area contributed by atoms with Gasteiger partial charge in [-0.2, -0.15) is 0 Å². The van der Waals surface area contributed by atoms with E-state index in [1.165, 1.54) is 6.20 Å². The minimum atomic E-state index is -0.498. The highest BCUT2D eigenvalue weighted by Crippen LogP contribution is 2.27. The lowest BCUT2D eigenvalue weighted by Crippen LogP contribution is -2.04. The molecule has 5 heteroatoms. The van der Waals surface area contributed by atoms with Crippen molar-refractivity contribution in [2.24, 2.45) is 0 Å². The van der Waals surface area contributed by atoms with Gasteiger partial charge in [0.1, 0.15) is 12.3 Å². The molecule has 0 amide bonds. The van der Waals surface area contributed by atoms with E-state index in [-0.39, 0.29) is 5.78 Å². The van der Waals surface area contributed by atoms with Gasteiger partial charge in [0.15, 0.2) is 5.78 Å². The molecule has 1 N–H and O–H groups in total. The van der Waals surface area contributed by atoms with Crippen molar-refractivity contribution in [2.45, 2.75) is 11.8 Å². The van der Waals surface area contributed by atoms with Crippen LogP contribution in [0, 0.1) is 0 Å². The van der Waals surface area contributed by atoms with Crippen molar-refractivity contribution in [3.05, 3.63) is 42.2 Å². The average Bonchev–Trinajstić information content (AvgIpc) is 2.47. The van der Waals surface area contributed by atoms with Crippen LogP contribution >= 0.6 is 11.8 Å². The Morgan fingerprint density at radius 1 is 1.32 bits per heavy atom. The van der Waals surface area contributed by atoms with Crippen molar-refractivity contribution in [1.29, 1.82) is 0 Å². The molecule has 0 fully saturated rings. The number of aliphatic hydroxyl groups excluding tert-OH is 1. The Hall–Kier alpha value is -1.72. The summed E-state index contributed by atoms with van der Waals surface area (Å²) in [6, 6.07) is 7.32. The first kappa shape index (κ1) is 13.7. The summed E-state index contributed by atoms with van der Waals surface area (Å²) in [5, 5.41) is 8.80. The normalized spacial score (nSPS) is 10.4. The van der Waals surface area contributed by atoms with Gasteiger partial charge in [-0.25, -0.2) is 0 Å². The van der Waals surface area contributed by atoms with Gasteiger partial charge in [-0.3, -0.25) is 14.8 Å². The van der Waals surface area contributed by atoms with Gasteiger partial charge >= 0.3 is 0 Å². The zero-order valence-corrected chi connectivity index (χ0v) is 11.4. The van der Waals surface area contributed by atoms with Gasteiger partial charge in [0.2, 0.25) is 0 Å². The van der Waals surface area contributed by atoms with Crippen LogP contribution in [0.25, 0.3) is 11.4 Å². The second-order valence-electron chi connectivity index (χ2n) is 3.80. The maximum atomic E-state index is 11.3. The Kier molecular flexibility index (Phi) is 4.65. The summed E-state index contributed by atoms with van der Waals surface area (Å²) < 4.78 is 0. The van der Waals surface area contributed by atoms with Crippen LogP contribution in [0.15, 0.2) is 41.6 Å². The van der Waals surface area contributed by atoms with Crippen molar-refractivity contribution < 1.29 is 9.90 Å². The van der Waals surface area contributed by atoms with E-state index in [4.69, 9.17) is 5.11 Å². The first-order chi connectivity index (χ1) is 9.26. The molecule has 0 saturated heterocycles. The molecule has 0 bridgehead atoms. The maximum Gasteiger partial charge on any atom is 0.189 e. The zero-order valence-electron chi connectivity index (χ0n) is 10.5. The highest BCUT2D eigenvalue weighted by atomic mass is 32.2. The molecular weight excluding hydrogens is 260 g/mol. The molecule has 98 valence electrons. The van der Waals surface area contributed by atoms with E-state index >= 15 is 0 Å². The summed E-state index contributed by atoms with van der Waals surface area (Å²) >= 11 is 1.70. The molecule has 0 radical (unpaired) electrons. The molecule has 0 unspecified atom stereocenters. The predicted octanol–water partition coefficient (Wildman–Crippen LogP) is 2.43. The predicted molar refractivity (Wildman–Crippen MR) is 75.3 cm³/mol. The summed E-state index contributed by atoms with van der Waals surface area (Å²) in [5.74, 6) is 0.628. The van der Waals surface area contributed by atoms with Gasteiger partial charge in [0.05, 0.1) is 5.69 Å². The van der Waals surface area contributed by atoms with Crippen LogP contribution in [-0.2, 0) is 0 Å². The molecule has 0 aliphatic rings. The molecule has 2 aromatic heterocycles. The highest BCUT2D eigenvalue weighted by Gasteiger charge is 2.09. The SMILES string of the molecule is CCSc1cccnc1-c1ccc(C(=O)CO)cn1. The third-order valence-corrected chi connectivity index (χ3v) is 3.47. The minimum absolute atomic E-state index is 0.330. The van der Waals surface area contributed by atoms with Crippen LogP contribution in [0.4, 0.5) is 0 Å². The second-order valence-corrected chi connectivity index (χ2v) is 5.10. The van der Waals surface area contributed by atoms with Crippen molar-refractivity contribution >= 4 is 17.5 Å². The van der Waals surface area contributed by atoms with Crippen molar-refractivity contribution in [3.63, 3.8) is 0 Å². The molecule has 0 aliphatic heterocycles. The largest absolute Gasteiger partial charge is 0.388 e. The topological polar surface area (TPSA) is 63.1 Å². The Labute approximate surface area is 115 Å². The number of hydrogen-bond donors (Lipinski definition) is 1. The van der Waals surface area contributed by atoms with Gasteiger partial charge in [-0.05, 0) is 30.0 Å². The van der Waals surface area contributed by atoms with Crippen LogP contribution in [0.1, 0.15) is 17.3 Å². The summed E-state index contributed by atoms with van der Waals surface area (Å²) in [6.45, 7) is 1.58. The molecule has 2 aromatic rings. The first-order valence-electron chi connectivity index (χ1n) is 5.94. The second kappa shape index (κ2) is 6.45. The van der Waals surface area contributed by atoms with Gasteiger partial charge in [0, 0.05) is 22.9 Å². The third-order valence-electron chi connectivity index (χ3n) is 2.54. The molecule has 4 nitrogen and oxygen atoms in total. The number of Topliss-reactive ketones (excluding diaryl/α,β-unsaturated/α-hetero) is 1. The van der Waals surface area contributed by atoms with E-state index in [0.717, 1.165) is 22.0 Å². The van der Waals surface area contributed by atoms with Crippen LogP contribution in [0.2, 0.25) is 0 Å². The number of rotatable bonds is 5. The number of thioether (sulfide) groups is 1. The third kappa shape index (κ3) is 3.19. The number of hydrogen-bond acceptors (Lipinski definition) is 5. The Morgan fingerprint density at radius 3 is 2.79 bits per heavy atom. The van der Waals surface area contributed by atoms with Crippen molar-refractivity contribution in [2.75, 3.05) is 12.4 Å². The van der Waals surface area contributed by atoms with Gasteiger partial charge < -0.3 is 5.11 Å². The minimum Gasteiger partial charge on any atom is -0.388 e. The zero-order chi connectivity index (χ0) is 13.7. The molecule has 0 aromatic carbocycles. The fraction of sp³-hybridized carbons (Fsp3) is 0.214. The van der Waals surface area contributed by atoms with Crippen LogP contribution in [0.5, 0.6) is 0 Å². The lowest BCUT2D eigenvalue weighted by molar-refractivity contribution is 0.0903. The van der Waals surface area contributed by atoms with Crippen molar-refractivity contribution in [1.82, 2.24) is 9.97 Å². The Morgan fingerprint density at radius 2 is 2.16 bits per heavy atom. The van der Waals surface area contributed by atoms with Crippen LogP contribution in [-0.4, -0.2) is 33.2 Å². The first-order valence-corrected chi connectivity index (χ1v) is 6.93. The number of nitrogens with zero attached hydrogens (tertiary/aromatic N) is 2. The van der Waals surface area contributed by atoms with Gasteiger partial charge in [-0.1, -0.05) is 6.92 Å². The highest BCUT2D eigenvalue weighted by molar-refractivity contribution is 7.99. The lowest BCUT2D eigenvalue weighted by Gasteiger charge is -2.06. The lowest BCUT2D eigenvalue weighted by atomic mass is 10.1. The van der Waals surface area contributed by atoms with Crippen LogP contribution < -0.4 is 0 Å². The molecule has 19 heavy (non-hydrogen) atoms. The number of ketones is 1. The van der Waals surface area contributed by atoms with Gasteiger partial charge in [-0.15, -0.1) is 11.8 Å². The fourth-order valence-electron chi connectivity index (χ4n) is 1.65. The molecule has 2 heterocycles. The van der Waals surface area contributed by atoms with E-state index < -0.39 is 6.61 Å². The Balaban J connectivity index is 2.34. The molecule has 0 aliphatic carbocycles. The maximum absolute atomic E-state index is 11.3. The number of carbonyl (C=O) groups excluding carboxylic acids is 1. The monoisotopic (exact) mass is 274 g/mol. The van der Waals surface area contributed by atoms with E-state index in [1.807, 2.05) is 12.1 Å². The quantitative estimate of drug-likeness (QED) is 0.670. The Bertz CT molecular complexity index is 570. The van der Waals surface area contributed by atoms with E-state index in [0.29, 0.717) is 5.56 Å². The van der Waals surface area contributed by atoms with E-state index in [2.05, 4.69) is 16.9 Å². The molecule has 2 rings (SSSR count). The van der Waals surface area contributed by atoms with Crippen LogP contribution in [0.3, 0.4) is 0 Å². The molecule has 0 atom stereocenters. The van der Waals surface area contributed by atoms with E-state index in [1.54, 1.807) is 30.1 Å². The molecular formula is C14H14N2O2S. The van der Waals surface area contributed by atoms with Gasteiger partial charge in [0.25, 0.3) is 0 Å². The summed E-state index contributed by atoms with van der Waals surface area (Å²) in [5.41, 5.74) is 1.95. The average molecular weight is 274 g/mol.